The van der Waals surface area contributed by atoms with Gasteiger partial charge in [-0.05, 0) is 23.6 Å². The molecule has 1 atom stereocenters. The smallest absolute Gasteiger partial charge is 0.163 e. The van der Waals surface area contributed by atoms with Gasteiger partial charge in [0.15, 0.2) is 11.6 Å². The number of rotatable bonds is 1. The fourth-order valence-corrected chi connectivity index (χ4v) is 2.53. The van der Waals surface area contributed by atoms with Crippen molar-refractivity contribution in [1.29, 1.82) is 0 Å². The van der Waals surface area contributed by atoms with Gasteiger partial charge in [-0.3, -0.25) is 0 Å². The zero-order valence-corrected chi connectivity index (χ0v) is 9.79. The molecule has 0 spiro atoms. The maximum Gasteiger partial charge on any atom is 0.163 e. The number of hydrogen-bond acceptors (Lipinski definition) is 1. The highest BCUT2D eigenvalue weighted by Gasteiger charge is 2.24. The van der Waals surface area contributed by atoms with Gasteiger partial charge in [0, 0.05) is 12.1 Å². The first-order chi connectivity index (χ1) is 8.77. The highest BCUT2D eigenvalue weighted by molar-refractivity contribution is 5.40. The molecule has 0 radical (unpaired) electrons. The fourth-order valence-electron chi connectivity index (χ4n) is 2.53. The van der Waals surface area contributed by atoms with Crippen LogP contribution in [0.25, 0.3) is 0 Å². The molecule has 1 N–H and O–H groups in total. The van der Waals surface area contributed by atoms with Crippen molar-refractivity contribution in [3.8, 4) is 0 Å². The number of fused-ring (bicyclic) bond motifs is 1. The Kier molecular flexibility index (Phi) is 2.84. The Hall–Kier alpha value is -1.74. The number of nitrogens with one attached hydrogen (secondary N) is 1. The van der Waals surface area contributed by atoms with Gasteiger partial charge in [-0.1, -0.05) is 36.4 Å². The van der Waals surface area contributed by atoms with Gasteiger partial charge in [-0.15, -0.1) is 0 Å². The number of hydrogen-bond donors (Lipinski definition) is 1. The average Bonchev–Trinajstić information content (AvgIpc) is 2.41. The molecule has 3 rings (SSSR count). The van der Waals surface area contributed by atoms with Crippen LogP contribution >= 0.6 is 0 Å². The zero-order chi connectivity index (χ0) is 12.5. The van der Waals surface area contributed by atoms with Crippen LogP contribution in [0.2, 0.25) is 0 Å². The molecule has 1 nitrogen and oxygen atoms in total. The van der Waals surface area contributed by atoms with Crippen LogP contribution in [-0.2, 0) is 6.42 Å². The topological polar surface area (TPSA) is 12.0 Å². The van der Waals surface area contributed by atoms with Crippen molar-refractivity contribution >= 4 is 0 Å². The van der Waals surface area contributed by atoms with Crippen LogP contribution in [0.1, 0.15) is 22.7 Å². The summed E-state index contributed by atoms with van der Waals surface area (Å²) < 4.78 is 27.2. The minimum Gasteiger partial charge on any atom is -0.306 e. The van der Waals surface area contributed by atoms with Crippen molar-refractivity contribution in [2.45, 2.75) is 12.5 Å². The number of halogens is 2. The van der Waals surface area contributed by atoms with Crippen molar-refractivity contribution in [2.24, 2.45) is 0 Å². The Morgan fingerprint density at radius 2 is 1.72 bits per heavy atom. The van der Waals surface area contributed by atoms with Crippen LogP contribution in [-0.4, -0.2) is 6.54 Å². The van der Waals surface area contributed by atoms with E-state index in [-0.39, 0.29) is 6.04 Å². The Balaban J connectivity index is 2.11. The first-order valence-corrected chi connectivity index (χ1v) is 6.02. The molecule has 0 bridgehead atoms. The van der Waals surface area contributed by atoms with Gasteiger partial charge in [0.2, 0.25) is 0 Å². The molecule has 1 unspecified atom stereocenters. The highest BCUT2D eigenvalue weighted by Crippen LogP contribution is 2.30. The third kappa shape index (κ3) is 1.81. The molecule has 1 heterocycles. The van der Waals surface area contributed by atoms with Gasteiger partial charge >= 0.3 is 0 Å². The molecule has 0 saturated heterocycles. The molecule has 0 aromatic heterocycles. The van der Waals surface area contributed by atoms with Gasteiger partial charge in [0.1, 0.15) is 0 Å². The lowest BCUT2D eigenvalue weighted by atomic mass is 9.90. The van der Waals surface area contributed by atoms with E-state index >= 15 is 0 Å². The summed E-state index contributed by atoms with van der Waals surface area (Å²) >= 11 is 0. The van der Waals surface area contributed by atoms with E-state index in [9.17, 15) is 8.78 Å². The molecule has 18 heavy (non-hydrogen) atoms. The maximum absolute atomic E-state index is 13.9. The summed E-state index contributed by atoms with van der Waals surface area (Å²) in [5.74, 6) is -1.55. The van der Waals surface area contributed by atoms with E-state index in [1.807, 2.05) is 24.3 Å². The second-order valence-corrected chi connectivity index (χ2v) is 4.48. The van der Waals surface area contributed by atoms with Gasteiger partial charge in [0.25, 0.3) is 0 Å². The molecule has 1 aliphatic heterocycles. The highest BCUT2D eigenvalue weighted by atomic mass is 19.2. The Morgan fingerprint density at radius 1 is 0.944 bits per heavy atom. The Morgan fingerprint density at radius 3 is 2.61 bits per heavy atom. The SMILES string of the molecule is Fc1cccc(C2NCCc3ccccc32)c1F. The molecule has 0 amide bonds. The van der Waals surface area contributed by atoms with Crippen molar-refractivity contribution in [2.75, 3.05) is 6.54 Å². The van der Waals surface area contributed by atoms with Crippen LogP contribution in [0.5, 0.6) is 0 Å². The second-order valence-electron chi connectivity index (χ2n) is 4.48. The summed E-state index contributed by atoms with van der Waals surface area (Å²) in [6.07, 6.45) is 0.920. The third-order valence-corrected chi connectivity index (χ3v) is 3.40. The minimum atomic E-state index is -0.794. The van der Waals surface area contributed by atoms with E-state index in [2.05, 4.69) is 5.32 Å². The zero-order valence-electron chi connectivity index (χ0n) is 9.79. The Labute approximate surface area is 104 Å². The summed E-state index contributed by atoms with van der Waals surface area (Å²) in [7, 11) is 0. The van der Waals surface area contributed by atoms with Crippen LogP contribution in [0.15, 0.2) is 42.5 Å². The largest absolute Gasteiger partial charge is 0.306 e. The van der Waals surface area contributed by atoms with Crippen molar-refractivity contribution in [3.05, 3.63) is 70.8 Å². The van der Waals surface area contributed by atoms with E-state index < -0.39 is 11.6 Å². The molecule has 0 fully saturated rings. The summed E-state index contributed by atoms with van der Waals surface area (Å²) in [6, 6.07) is 12.0. The third-order valence-electron chi connectivity index (χ3n) is 3.40. The average molecular weight is 245 g/mol. The molecular formula is C15H13F2N. The van der Waals surface area contributed by atoms with Crippen molar-refractivity contribution in [1.82, 2.24) is 5.32 Å². The van der Waals surface area contributed by atoms with E-state index in [4.69, 9.17) is 0 Å². The summed E-state index contributed by atoms with van der Waals surface area (Å²) in [5, 5.41) is 3.25. The molecular weight excluding hydrogens is 232 g/mol. The Bertz CT molecular complexity index is 580. The summed E-state index contributed by atoms with van der Waals surface area (Å²) in [5.41, 5.74) is 2.61. The van der Waals surface area contributed by atoms with Crippen LogP contribution in [0, 0.1) is 11.6 Å². The molecule has 92 valence electrons. The first kappa shape index (κ1) is 11.4. The van der Waals surface area contributed by atoms with Crippen LogP contribution in [0.4, 0.5) is 8.78 Å². The summed E-state index contributed by atoms with van der Waals surface area (Å²) in [6.45, 7) is 0.775. The standard InChI is InChI=1S/C15H13F2N/c16-13-7-3-6-12(14(13)17)15-11-5-2-1-4-10(11)8-9-18-15/h1-7,15,18H,8-9H2. The lowest BCUT2D eigenvalue weighted by Crippen LogP contribution is -2.31. The molecule has 2 aromatic rings. The maximum atomic E-state index is 13.9. The predicted octanol–water partition coefficient (Wildman–Crippen LogP) is 3.20. The normalized spacial score (nSPS) is 18.4. The molecule has 1 aliphatic rings. The predicted molar refractivity (Wildman–Crippen MR) is 66.3 cm³/mol. The quantitative estimate of drug-likeness (QED) is 0.813. The fraction of sp³-hybridized carbons (Fsp3) is 0.200. The van der Waals surface area contributed by atoms with Crippen molar-refractivity contribution < 1.29 is 8.78 Å². The first-order valence-electron chi connectivity index (χ1n) is 6.02. The summed E-state index contributed by atoms with van der Waals surface area (Å²) in [4.78, 5) is 0. The van der Waals surface area contributed by atoms with E-state index in [0.717, 1.165) is 24.6 Å². The van der Waals surface area contributed by atoms with Gasteiger partial charge in [-0.2, -0.15) is 0 Å². The van der Waals surface area contributed by atoms with Crippen LogP contribution in [0.3, 0.4) is 0 Å². The minimum absolute atomic E-state index is 0.259. The molecule has 0 saturated carbocycles. The van der Waals surface area contributed by atoms with Crippen molar-refractivity contribution in [3.63, 3.8) is 0 Å². The number of benzene rings is 2. The molecule has 2 aromatic carbocycles. The van der Waals surface area contributed by atoms with Gasteiger partial charge in [-0.25, -0.2) is 8.78 Å². The second kappa shape index (κ2) is 4.50. The van der Waals surface area contributed by atoms with Crippen LogP contribution < -0.4 is 5.32 Å². The molecule has 3 heteroatoms. The van der Waals surface area contributed by atoms with E-state index in [0.29, 0.717) is 5.56 Å². The van der Waals surface area contributed by atoms with E-state index in [1.165, 1.54) is 5.56 Å². The lowest BCUT2D eigenvalue weighted by molar-refractivity contribution is 0.474. The van der Waals surface area contributed by atoms with Gasteiger partial charge in [0.05, 0.1) is 6.04 Å². The molecule has 0 aliphatic carbocycles. The lowest BCUT2D eigenvalue weighted by Gasteiger charge is -2.27. The van der Waals surface area contributed by atoms with E-state index in [1.54, 1.807) is 12.1 Å². The monoisotopic (exact) mass is 245 g/mol. The van der Waals surface area contributed by atoms with Gasteiger partial charge < -0.3 is 5.32 Å².